The van der Waals surface area contributed by atoms with E-state index >= 15 is 0 Å². The average molecular weight is 298 g/mol. The van der Waals surface area contributed by atoms with Crippen LogP contribution in [0.25, 0.3) is 11.0 Å². The van der Waals surface area contributed by atoms with Crippen molar-refractivity contribution in [3.63, 3.8) is 0 Å². The molecule has 0 aliphatic heterocycles. The Morgan fingerprint density at radius 2 is 1.71 bits per heavy atom. The Bertz CT molecular complexity index is 725. The fraction of sp³-hybridized carbons (Fsp3) is 0.176. The Labute approximate surface area is 129 Å². The van der Waals surface area contributed by atoms with E-state index in [0.717, 1.165) is 41.3 Å². The van der Waals surface area contributed by atoms with E-state index in [1.165, 1.54) is 5.56 Å². The van der Waals surface area contributed by atoms with E-state index in [0.29, 0.717) is 0 Å². The standard InChI is InChI=1S/C17H16ClN3/c18-14-7-5-13(6-8-14)9-10-19-11-15-12-20-16-3-1-2-4-17(16)21-15/h1-8,12,19H,9-11H2. The summed E-state index contributed by atoms with van der Waals surface area (Å²) in [5.74, 6) is 0. The second-order valence-corrected chi connectivity index (χ2v) is 5.34. The van der Waals surface area contributed by atoms with E-state index in [-0.39, 0.29) is 0 Å². The van der Waals surface area contributed by atoms with Gasteiger partial charge in [-0.1, -0.05) is 35.9 Å². The molecule has 0 fully saturated rings. The molecular formula is C17H16ClN3. The summed E-state index contributed by atoms with van der Waals surface area (Å²) in [6, 6.07) is 15.9. The van der Waals surface area contributed by atoms with Gasteiger partial charge < -0.3 is 5.32 Å². The summed E-state index contributed by atoms with van der Waals surface area (Å²) < 4.78 is 0. The van der Waals surface area contributed by atoms with Crippen LogP contribution in [0, 0.1) is 0 Å². The first-order valence-electron chi connectivity index (χ1n) is 6.97. The smallest absolute Gasteiger partial charge is 0.0890 e. The summed E-state index contributed by atoms with van der Waals surface area (Å²) in [5, 5.41) is 4.17. The molecule has 0 bridgehead atoms. The van der Waals surface area contributed by atoms with E-state index in [4.69, 9.17) is 11.6 Å². The minimum absolute atomic E-state index is 0.728. The Morgan fingerprint density at radius 3 is 2.52 bits per heavy atom. The predicted molar refractivity (Wildman–Crippen MR) is 86.4 cm³/mol. The lowest BCUT2D eigenvalue weighted by molar-refractivity contribution is 0.674. The molecule has 2 aromatic carbocycles. The summed E-state index contributed by atoms with van der Waals surface area (Å²) in [4.78, 5) is 9.00. The number of halogens is 1. The topological polar surface area (TPSA) is 37.8 Å². The highest BCUT2D eigenvalue weighted by molar-refractivity contribution is 6.30. The molecule has 3 rings (SSSR count). The van der Waals surface area contributed by atoms with Crippen molar-refractivity contribution in [2.24, 2.45) is 0 Å². The van der Waals surface area contributed by atoms with E-state index in [1.54, 1.807) is 0 Å². The van der Waals surface area contributed by atoms with Crippen LogP contribution < -0.4 is 5.32 Å². The van der Waals surface area contributed by atoms with Gasteiger partial charge in [0.05, 0.1) is 22.9 Å². The van der Waals surface area contributed by atoms with Crippen molar-refractivity contribution in [3.05, 3.63) is 71.0 Å². The van der Waals surface area contributed by atoms with Crippen LogP contribution in [0.15, 0.2) is 54.7 Å². The van der Waals surface area contributed by atoms with E-state index in [2.05, 4.69) is 27.4 Å². The lowest BCUT2D eigenvalue weighted by Gasteiger charge is -2.05. The number of fused-ring (bicyclic) bond motifs is 1. The summed E-state index contributed by atoms with van der Waals surface area (Å²) in [6.07, 6.45) is 2.80. The fourth-order valence-corrected chi connectivity index (χ4v) is 2.31. The number of aromatic nitrogens is 2. The number of nitrogens with zero attached hydrogens (tertiary/aromatic N) is 2. The zero-order chi connectivity index (χ0) is 14.5. The predicted octanol–water partition coefficient (Wildman–Crippen LogP) is 3.62. The molecule has 1 heterocycles. The zero-order valence-corrected chi connectivity index (χ0v) is 12.3. The van der Waals surface area contributed by atoms with Crippen molar-refractivity contribution < 1.29 is 0 Å². The van der Waals surface area contributed by atoms with Crippen LogP contribution >= 0.6 is 11.6 Å². The second kappa shape index (κ2) is 6.66. The molecule has 1 aromatic heterocycles. The summed E-state index contributed by atoms with van der Waals surface area (Å²) in [7, 11) is 0. The molecule has 0 unspecified atom stereocenters. The van der Waals surface area contributed by atoms with Gasteiger partial charge in [0.1, 0.15) is 0 Å². The van der Waals surface area contributed by atoms with E-state index in [9.17, 15) is 0 Å². The third-order valence-corrected chi connectivity index (χ3v) is 3.56. The normalized spacial score (nSPS) is 10.9. The minimum Gasteiger partial charge on any atom is -0.311 e. The van der Waals surface area contributed by atoms with Crippen molar-refractivity contribution >= 4 is 22.6 Å². The molecule has 3 aromatic rings. The van der Waals surface area contributed by atoms with Gasteiger partial charge >= 0.3 is 0 Å². The molecule has 0 saturated heterocycles. The van der Waals surface area contributed by atoms with Crippen molar-refractivity contribution in [2.45, 2.75) is 13.0 Å². The van der Waals surface area contributed by atoms with Gasteiger partial charge in [0.25, 0.3) is 0 Å². The Hall–Kier alpha value is -1.97. The second-order valence-electron chi connectivity index (χ2n) is 4.90. The van der Waals surface area contributed by atoms with Gasteiger partial charge in [0.2, 0.25) is 0 Å². The SMILES string of the molecule is Clc1ccc(CCNCc2cnc3ccccc3n2)cc1. The molecule has 106 valence electrons. The minimum atomic E-state index is 0.728. The van der Waals surface area contributed by atoms with Crippen LogP contribution in [-0.2, 0) is 13.0 Å². The Balaban J connectivity index is 1.53. The molecule has 3 nitrogen and oxygen atoms in total. The Morgan fingerprint density at radius 1 is 0.952 bits per heavy atom. The van der Waals surface area contributed by atoms with Gasteiger partial charge in [-0.15, -0.1) is 0 Å². The molecule has 0 saturated carbocycles. The van der Waals surface area contributed by atoms with Gasteiger partial charge in [-0.05, 0) is 42.8 Å². The summed E-state index contributed by atoms with van der Waals surface area (Å²) in [6.45, 7) is 1.63. The van der Waals surface area contributed by atoms with Crippen molar-refractivity contribution in [3.8, 4) is 0 Å². The van der Waals surface area contributed by atoms with Crippen LogP contribution in [0.3, 0.4) is 0 Å². The Kier molecular flexibility index (Phi) is 4.43. The third kappa shape index (κ3) is 3.78. The molecule has 0 spiro atoms. The van der Waals surface area contributed by atoms with Crippen LogP contribution in [0.5, 0.6) is 0 Å². The first-order valence-corrected chi connectivity index (χ1v) is 7.35. The molecule has 1 N–H and O–H groups in total. The van der Waals surface area contributed by atoms with Gasteiger partial charge in [0, 0.05) is 11.6 Å². The van der Waals surface area contributed by atoms with Crippen molar-refractivity contribution in [1.29, 1.82) is 0 Å². The molecule has 0 radical (unpaired) electrons. The maximum Gasteiger partial charge on any atom is 0.0890 e. The monoisotopic (exact) mass is 297 g/mol. The molecule has 0 aliphatic rings. The van der Waals surface area contributed by atoms with Crippen LogP contribution in [0.1, 0.15) is 11.3 Å². The van der Waals surface area contributed by atoms with Crippen molar-refractivity contribution in [2.75, 3.05) is 6.54 Å². The number of hydrogen-bond donors (Lipinski definition) is 1. The van der Waals surface area contributed by atoms with Crippen LogP contribution in [0.4, 0.5) is 0 Å². The number of para-hydroxylation sites is 2. The molecule has 4 heteroatoms. The van der Waals surface area contributed by atoms with Crippen LogP contribution in [0.2, 0.25) is 5.02 Å². The number of benzene rings is 2. The highest BCUT2D eigenvalue weighted by Crippen LogP contribution is 2.10. The van der Waals surface area contributed by atoms with Gasteiger partial charge in [0.15, 0.2) is 0 Å². The maximum atomic E-state index is 5.87. The highest BCUT2D eigenvalue weighted by atomic mass is 35.5. The molecule has 0 aliphatic carbocycles. The summed E-state index contributed by atoms with van der Waals surface area (Å²) in [5.41, 5.74) is 4.11. The maximum absolute atomic E-state index is 5.87. The largest absolute Gasteiger partial charge is 0.311 e. The lowest BCUT2D eigenvalue weighted by atomic mass is 10.1. The molecule has 21 heavy (non-hydrogen) atoms. The molecule has 0 amide bonds. The van der Waals surface area contributed by atoms with Gasteiger partial charge in [-0.2, -0.15) is 0 Å². The lowest BCUT2D eigenvalue weighted by Crippen LogP contribution is -2.17. The number of hydrogen-bond acceptors (Lipinski definition) is 3. The van der Waals surface area contributed by atoms with E-state index < -0.39 is 0 Å². The van der Waals surface area contributed by atoms with E-state index in [1.807, 2.05) is 42.6 Å². The zero-order valence-electron chi connectivity index (χ0n) is 11.6. The van der Waals surface area contributed by atoms with Crippen LogP contribution in [-0.4, -0.2) is 16.5 Å². The highest BCUT2D eigenvalue weighted by Gasteiger charge is 1.99. The average Bonchev–Trinajstić information content (AvgIpc) is 2.53. The fourth-order valence-electron chi connectivity index (χ4n) is 2.18. The first-order chi connectivity index (χ1) is 10.3. The van der Waals surface area contributed by atoms with Gasteiger partial charge in [-0.25, -0.2) is 4.98 Å². The number of nitrogens with one attached hydrogen (secondary N) is 1. The third-order valence-electron chi connectivity index (χ3n) is 3.31. The molecular weight excluding hydrogens is 282 g/mol. The quantitative estimate of drug-likeness (QED) is 0.731. The van der Waals surface area contributed by atoms with Gasteiger partial charge in [-0.3, -0.25) is 4.98 Å². The van der Waals surface area contributed by atoms with Crippen molar-refractivity contribution in [1.82, 2.24) is 15.3 Å². The number of rotatable bonds is 5. The molecule has 0 atom stereocenters. The summed E-state index contributed by atoms with van der Waals surface area (Å²) >= 11 is 5.87. The first kappa shape index (κ1) is 14.0.